The minimum absolute atomic E-state index is 0.0228. The second kappa shape index (κ2) is 10.2. The third-order valence-corrected chi connectivity index (χ3v) is 4.89. The van der Waals surface area contributed by atoms with Gasteiger partial charge in [0.2, 0.25) is 5.91 Å². The molecule has 0 aliphatic rings. The van der Waals surface area contributed by atoms with Crippen LogP contribution in [0.25, 0.3) is 0 Å². The van der Waals surface area contributed by atoms with E-state index in [1.165, 1.54) is 11.8 Å². The Bertz CT molecular complexity index is 701. The van der Waals surface area contributed by atoms with Crippen molar-refractivity contribution in [1.29, 1.82) is 0 Å². The van der Waals surface area contributed by atoms with Crippen molar-refractivity contribution in [3.8, 4) is 5.75 Å². The van der Waals surface area contributed by atoms with E-state index in [-0.39, 0.29) is 17.3 Å². The minimum Gasteiger partial charge on any atom is -0.497 e. The molecule has 0 aromatic heterocycles. The van der Waals surface area contributed by atoms with Gasteiger partial charge in [-0.1, -0.05) is 24.3 Å². The lowest BCUT2D eigenvalue weighted by Gasteiger charge is -2.13. The van der Waals surface area contributed by atoms with Crippen LogP contribution in [0.1, 0.15) is 31.9 Å². The van der Waals surface area contributed by atoms with E-state index in [0.29, 0.717) is 13.2 Å². The van der Waals surface area contributed by atoms with Gasteiger partial charge in [0.25, 0.3) is 0 Å². The number of nitrogens with one attached hydrogen (secondary N) is 1. The lowest BCUT2D eigenvalue weighted by atomic mass is 10.1. The summed E-state index contributed by atoms with van der Waals surface area (Å²) >= 11 is 1.53. The fraction of sp³-hybridized carbons (Fsp3) is 0.381. The van der Waals surface area contributed by atoms with E-state index >= 15 is 0 Å². The minimum atomic E-state index is -0.171. The van der Waals surface area contributed by atoms with Crippen LogP contribution in [-0.2, 0) is 22.7 Å². The van der Waals surface area contributed by atoms with Crippen LogP contribution in [0.3, 0.4) is 0 Å². The van der Waals surface area contributed by atoms with Crippen molar-refractivity contribution in [1.82, 2.24) is 5.32 Å². The first-order valence-electron chi connectivity index (χ1n) is 8.75. The predicted octanol–water partition coefficient (Wildman–Crippen LogP) is 4.42. The maximum Gasteiger partial charge on any atom is 0.233 e. The molecule has 0 heterocycles. The predicted molar refractivity (Wildman–Crippen MR) is 107 cm³/mol. The summed E-state index contributed by atoms with van der Waals surface area (Å²) in [6.07, 6.45) is 0.203. The van der Waals surface area contributed by atoms with Crippen LogP contribution < -0.4 is 10.1 Å². The van der Waals surface area contributed by atoms with Gasteiger partial charge in [0.05, 0.1) is 25.1 Å². The van der Waals surface area contributed by atoms with Gasteiger partial charge in [-0.2, -0.15) is 0 Å². The van der Waals surface area contributed by atoms with Crippen molar-refractivity contribution in [2.75, 3.05) is 7.11 Å². The number of amides is 1. The van der Waals surface area contributed by atoms with E-state index in [4.69, 9.17) is 9.47 Å². The number of carbonyl (C=O) groups is 1. The fourth-order valence-corrected chi connectivity index (χ4v) is 3.23. The SMILES string of the molecule is COc1ccc(SC(C)C(=O)NCc2cccc(COC(C)C)c2)cc1. The summed E-state index contributed by atoms with van der Waals surface area (Å²) in [7, 11) is 1.64. The topological polar surface area (TPSA) is 47.6 Å². The Morgan fingerprint density at radius 3 is 2.42 bits per heavy atom. The normalized spacial score (nSPS) is 12.0. The number of rotatable bonds is 9. The van der Waals surface area contributed by atoms with Crippen LogP contribution in [-0.4, -0.2) is 24.4 Å². The number of benzene rings is 2. The molecule has 0 spiro atoms. The molecule has 1 amide bonds. The Kier molecular flexibility index (Phi) is 8.01. The molecule has 2 aromatic rings. The monoisotopic (exact) mass is 373 g/mol. The Labute approximate surface area is 160 Å². The van der Waals surface area contributed by atoms with Crippen LogP contribution in [0.5, 0.6) is 5.75 Å². The largest absolute Gasteiger partial charge is 0.497 e. The highest BCUT2D eigenvalue weighted by molar-refractivity contribution is 8.00. The number of methoxy groups -OCH3 is 1. The van der Waals surface area contributed by atoms with Gasteiger partial charge in [0.1, 0.15) is 5.75 Å². The molecule has 1 N–H and O–H groups in total. The molecule has 4 nitrogen and oxygen atoms in total. The van der Waals surface area contributed by atoms with Gasteiger partial charge in [0.15, 0.2) is 0 Å². The Balaban J connectivity index is 1.84. The summed E-state index contributed by atoms with van der Waals surface area (Å²) < 4.78 is 10.8. The molecular formula is C21H27NO3S. The summed E-state index contributed by atoms with van der Waals surface area (Å²) in [5, 5.41) is 2.84. The summed E-state index contributed by atoms with van der Waals surface area (Å²) in [5.41, 5.74) is 2.19. The highest BCUT2D eigenvalue weighted by Gasteiger charge is 2.14. The van der Waals surface area contributed by atoms with Gasteiger partial charge in [-0.25, -0.2) is 0 Å². The first-order chi connectivity index (χ1) is 12.5. The molecular weight excluding hydrogens is 346 g/mol. The fourth-order valence-electron chi connectivity index (χ4n) is 2.34. The van der Waals surface area contributed by atoms with Crippen LogP contribution in [0.2, 0.25) is 0 Å². The summed E-state index contributed by atoms with van der Waals surface area (Å²) in [6, 6.07) is 15.8. The molecule has 26 heavy (non-hydrogen) atoms. The van der Waals surface area contributed by atoms with E-state index in [1.54, 1.807) is 7.11 Å². The smallest absolute Gasteiger partial charge is 0.233 e. The lowest BCUT2D eigenvalue weighted by Crippen LogP contribution is -2.30. The zero-order valence-corrected chi connectivity index (χ0v) is 16.6. The van der Waals surface area contributed by atoms with Gasteiger partial charge < -0.3 is 14.8 Å². The van der Waals surface area contributed by atoms with Crippen molar-refractivity contribution in [2.45, 2.75) is 50.2 Å². The Morgan fingerprint density at radius 1 is 1.08 bits per heavy atom. The van der Waals surface area contributed by atoms with Gasteiger partial charge >= 0.3 is 0 Å². The van der Waals surface area contributed by atoms with Crippen LogP contribution >= 0.6 is 11.8 Å². The number of thioether (sulfide) groups is 1. The molecule has 0 aliphatic heterocycles. The standard InChI is InChI=1S/C21H27NO3S/c1-15(2)25-14-18-7-5-6-17(12-18)13-22-21(23)16(3)26-20-10-8-19(24-4)9-11-20/h5-12,15-16H,13-14H2,1-4H3,(H,22,23). The molecule has 0 fully saturated rings. The molecule has 0 radical (unpaired) electrons. The highest BCUT2D eigenvalue weighted by Crippen LogP contribution is 2.25. The van der Waals surface area contributed by atoms with Crippen LogP contribution in [0.15, 0.2) is 53.4 Å². The van der Waals surface area contributed by atoms with Gasteiger partial charge in [-0.05, 0) is 56.2 Å². The van der Waals surface area contributed by atoms with Crippen LogP contribution in [0.4, 0.5) is 0 Å². The first-order valence-corrected chi connectivity index (χ1v) is 9.63. The summed E-state index contributed by atoms with van der Waals surface area (Å²) in [6.45, 7) is 7.06. The molecule has 1 unspecified atom stereocenters. The number of ether oxygens (including phenoxy) is 2. The second-order valence-electron chi connectivity index (χ2n) is 6.33. The van der Waals surface area contributed by atoms with Crippen molar-refractivity contribution in [3.05, 3.63) is 59.7 Å². The molecule has 1 atom stereocenters. The van der Waals surface area contributed by atoms with E-state index in [1.807, 2.05) is 63.2 Å². The molecule has 2 aromatic carbocycles. The lowest BCUT2D eigenvalue weighted by molar-refractivity contribution is -0.120. The number of hydrogen-bond acceptors (Lipinski definition) is 4. The molecule has 2 rings (SSSR count). The summed E-state index contributed by atoms with van der Waals surface area (Å²) in [4.78, 5) is 13.4. The van der Waals surface area contributed by atoms with Crippen molar-refractivity contribution in [2.24, 2.45) is 0 Å². The molecule has 140 valence electrons. The zero-order chi connectivity index (χ0) is 18.9. The Morgan fingerprint density at radius 2 is 1.77 bits per heavy atom. The van der Waals surface area contributed by atoms with E-state index in [0.717, 1.165) is 21.8 Å². The highest BCUT2D eigenvalue weighted by atomic mass is 32.2. The quantitative estimate of drug-likeness (QED) is 0.661. The number of carbonyl (C=O) groups excluding carboxylic acids is 1. The van der Waals surface area contributed by atoms with Gasteiger partial charge in [-0.15, -0.1) is 11.8 Å². The summed E-state index contributed by atoms with van der Waals surface area (Å²) in [5.74, 6) is 0.836. The van der Waals surface area contributed by atoms with Crippen molar-refractivity contribution in [3.63, 3.8) is 0 Å². The van der Waals surface area contributed by atoms with Crippen molar-refractivity contribution >= 4 is 17.7 Å². The third-order valence-electron chi connectivity index (χ3n) is 3.78. The molecule has 0 saturated carbocycles. The van der Waals surface area contributed by atoms with E-state index in [2.05, 4.69) is 11.4 Å². The first kappa shape index (κ1) is 20.3. The molecule has 0 aliphatic carbocycles. The molecule has 0 bridgehead atoms. The average molecular weight is 374 g/mol. The van der Waals surface area contributed by atoms with Crippen molar-refractivity contribution < 1.29 is 14.3 Å². The van der Waals surface area contributed by atoms with Gasteiger partial charge in [0, 0.05) is 11.4 Å². The maximum absolute atomic E-state index is 12.4. The second-order valence-corrected chi connectivity index (χ2v) is 7.75. The van der Waals surface area contributed by atoms with Crippen LogP contribution in [0, 0.1) is 0 Å². The molecule has 5 heteroatoms. The zero-order valence-electron chi connectivity index (χ0n) is 15.8. The number of hydrogen-bond donors (Lipinski definition) is 1. The van der Waals surface area contributed by atoms with E-state index in [9.17, 15) is 4.79 Å². The average Bonchev–Trinajstić information content (AvgIpc) is 2.65. The van der Waals surface area contributed by atoms with E-state index < -0.39 is 0 Å². The third kappa shape index (κ3) is 6.73. The molecule has 0 saturated heterocycles. The van der Waals surface area contributed by atoms with Gasteiger partial charge in [-0.3, -0.25) is 4.79 Å². The maximum atomic E-state index is 12.4. The Hall–Kier alpha value is -1.98.